The molecule has 0 bridgehead atoms. The summed E-state index contributed by atoms with van der Waals surface area (Å²) in [7, 11) is 0. The summed E-state index contributed by atoms with van der Waals surface area (Å²) in [6, 6.07) is 8.03. The number of fused-ring (bicyclic) bond motifs is 3. The number of anilines is 1. The number of nitrogens with one attached hydrogen (secondary N) is 2. The summed E-state index contributed by atoms with van der Waals surface area (Å²) >= 11 is 0. The van der Waals surface area contributed by atoms with Crippen LogP contribution in [0.25, 0.3) is 27.9 Å². The first-order valence-corrected chi connectivity index (χ1v) is 10.5. The molecule has 9 nitrogen and oxygen atoms in total. The van der Waals surface area contributed by atoms with Crippen molar-refractivity contribution < 1.29 is 4.79 Å². The first kappa shape index (κ1) is 17.4. The van der Waals surface area contributed by atoms with Gasteiger partial charge < -0.3 is 10.6 Å². The van der Waals surface area contributed by atoms with Gasteiger partial charge in [0.15, 0.2) is 11.5 Å². The molecule has 1 saturated carbocycles. The Morgan fingerprint density at radius 1 is 1.10 bits per heavy atom. The molecule has 2 aliphatic rings. The Balaban J connectivity index is 1.47. The molecule has 0 radical (unpaired) electrons. The number of para-hydroxylation sites is 1. The van der Waals surface area contributed by atoms with Gasteiger partial charge >= 0.3 is 0 Å². The van der Waals surface area contributed by atoms with Gasteiger partial charge in [0.1, 0.15) is 6.04 Å². The smallest absolute Gasteiger partial charge is 0.242 e. The second-order valence-electron chi connectivity index (χ2n) is 8.05. The fourth-order valence-electron chi connectivity index (χ4n) is 4.00. The van der Waals surface area contributed by atoms with Crippen LogP contribution in [0.4, 0.5) is 5.95 Å². The lowest BCUT2D eigenvalue weighted by Gasteiger charge is -2.16. The number of benzene rings is 1. The van der Waals surface area contributed by atoms with Crippen LogP contribution in [0.3, 0.4) is 0 Å². The van der Waals surface area contributed by atoms with Crippen LogP contribution in [0.15, 0.2) is 36.7 Å². The molecule has 1 aliphatic carbocycles. The topological polar surface area (TPSA) is 102 Å². The SMILES string of the molecule is O=C1NCCCC[C@H]1Nc1nc2ccccc2c2nc(-c3cnn(C4CC4)c3)nn12. The van der Waals surface area contributed by atoms with Gasteiger partial charge in [-0.3, -0.25) is 9.48 Å². The lowest BCUT2D eigenvalue weighted by Crippen LogP contribution is -2.38. The van der Waals surface area contributed by atoms with Gasteiger partial charge in [-0.2, -0.15) is 9.61 Å². The summed E-state index contributed by atoms with van der Waals surface area (Å²) in [6.07, 6.45) is 8.90. The molecule has 9 heteroatoms. The van der Waals surface area contributed by atoms with Gasteiger partial charge in [-0.05, 0) is 44.2 Å². The second kappa shape index (κ2) is 6.79. The molecule has 6 rings (SSSR count). The van der Waals surface area contributed by atoms with Crippen LogP contribution in [0.1, 0.15) is 38.1 Å². The second-order valence-corrected chi connectivity index (χ2v) is 8.05. The molecule has 1 amide bonds. The Bertz CT molecular complexity index is 1250. The number of amides is 1. The van der Waals surface area contributed by atoms with Gasteiger partial charge in [0.05, 0.1) is 23.3 Å². The first-order chi connectivity index (χ1) is 14.8. The summed E-state index contributed by atoms with van der Waals surface area (Å²) in [6.45, 7) is 0.718. The number of nitrogens with zero attached hydrogens (tertiary/aromatic N) is 6. The van der Waals surface area contributed by atoms with E-state index in [-0.39, 0.29) is 11.9 Å². The highest BCUT2D eigenvalue weighted by atomic mass is 16.2. The van der Waals surface area contributed by atoms with E-state index in [1.807, 2.05) is 41.3 Å². The quantitative estimate of drug-likeness (QED) is 0.544. The lowest BCUT2D eigenvalue weighted by atomic mass is 10.1. The predicted octanol–water partition coefficient (Wildman–Crippen LogP) is 2.56. The van der Waals surface area contributed by atoms with Crippen molar-refractivity contribution in [2.75, 3.05) is 11.9 Å². The molecular formula is C21H22N8O. The molecule has 4 aromatic rings. The minimum absolute atomic E-state index is 0.00153. The average molecular weight is 402 g/mol. The fraction of sp³-hybridized carbons (Fsp3) is 0.381. The lowest BCUT2D eigenvalue weighted by molar-refractivity contribution is -0.121. The standard InChI is InChI=1S/C21H22N8O/c30-20-17(7-3-4-10-22-20)25-21-24-16-6-2-1-5-15(16)19-26-18(27-29(19)21)13-11-23-28(12-13)14-8-9-14/h1-2,5-6,11-12,14,17H,3-4,7-10H2,(H,22,30)(H,24,25)/t17-/m1/s1. The van der Waals surface area contributed by atoms with Gasteiger partial charge in [0.25, 0.3) is 0 Å². The van der Waals surface area contributed by atoms with Crippen LogP contribution in [0.5, 0.6) is 0 Å². The van der Waals surface area contributed by atoms with Crippen molar-refractivity contribution in [3.05, 3.63) is 36.7 Å². The van der Waals surface area contributed by atoms with Gasteiger partial charge in [-0.1, -0.05) is 12.1 Å². The molecule has 0 unspecified atom stereocenters. The van der Waals surface area contributed by atoms with Crippen LogP contribution in [0, 0.1) is 0 Å². The van der Waals surface area contributed by atoms with E-state index in [2.05, 4.69) is 15.7 Å². The summed E-state index contributed by atoms with van der Waals surface area (Å²) in [5.41, 5.74) is 2.41. The van der Waals surface area contributed by atoms with Crippen molar-refractivity contribution in [2.45, 2.75) is 44.2 Å². The average Bonchev–Trinajstić information content (AvgIpc) is 3.37. The van der Waals surface area contributed by atoms with Crippen molar-refractivity contribution in [1.29, 1.82) is 0 Å². The zero-order valence-corrected chi connectivity index (χ0v) is 16.5. The Morgan fingerprint density at radius 3 is 2.90 bits per heavy atom. The highest BCUT2D eigenvalue weighted by Gasteiger charge is 2.26. The highest BCUT2D eigenvalue weighted by Crippen LogP contribution is 2.35. The number of carbonyl (C=O) groups excluding carboxylic acids is 1. The van der Waals surface area contributed by atoms with E-state index >= 15 is 0 Å². The number of aromatic nitrogens is 6. The monoisotopic (exact) mass is 402 g/mol. The fourth-order valence-corrected chi connectivity index (χ4v) is 4.00. The van der Waals surface area contributed by atoms with E-state index in [1.54, 1.807) is 4.52 Å². The zero-order chi connectivity index (χ0) is 20.1. The van der Waals surface area contributed by atoms with E-state index < -0.39 is 0 Å². The molecule has 4 heterocycles. The van der Waals surface area contributed by atoms with Gasteiger partial charge in [-0.25, -0.2) is 9.97 Å². The molecule has 2 N–H and O–H groups in total. The Morgan fingerprint density at radius 2 is 2.00 bits per heavy atom. The molecule has 1 aromatic carbocycles. The van der Waals surface area contributed by atoms with Crippen molar-refractivity contribution in [3.8, 4) is 11.4 Å². The third-order valence-corrected chi connectivity index (χ3v) is 5.80. The maximum absolute atomic E-state index is 12.5. The number of rotatable bonds is 4. The van der Waals surface area contributed by atoms with E-state index in [0.29, 0.717) is 23.5 Å². The highest BCUT2D eigenvalue weighted by molar-refractivity contribution is 5.93. The van der Waals surface area contributed by atoms with Crippen molar-refractivity contribution in [3.63, 3.8) is 0 Å². The zero-order valence-electron chi connectivity index (χ0n) is 16.5. The maximum Gasteiger partial charge on any atom is 0.242 e. The van der Waals surface area contributed by atoms with E-state index in [1.165, 1.54) is 12.8 Å². The Kier molecular flexibility index (Phi) is 3.93. The van der Waals surface area contributed by atoms with E-state index in [4.69, 9.17) is 15.1 Å². The first-order valence-electron chi connectivity index (χ1n) is 10.5. The minimum atomic E-state index is -0.338. The third kappa shape index (κ3) is 2.97. The molecule has 0 spiro atoms. The van der Waals surface area contributed by atoms with Crippen molar-refractivity contribution in [2.24, 2.45) is 0 Å². The number of hydrogen-bond acceptors (Lipinski definition) is 6. The Hall–Kier alpha value is -3.49. The summed E-state index contributed by atoms with van der Waals surface area (Å²) in [5.74, 6) is 1.13. The van der Waals surface area contributed by atoms with Crippen molar-refractivity contribution >= 4 is 28.4 Å². The summed E-state index contributed by atoms with van der Waals surface area (Å²) in [4.78, 5) is 22.0. The molecule has 3 aromatic heterocycles. The normalized spacial score (nSPS) is 19.7. The van der Waals surface area contributed by atoms with Crippen LogP contribution >= 0.6 is 0 Å². The van der Waals surface area contributed by atoms with Gasteiger partial charge in [0.2, 0.25) is 11.9 Å². The van der Waals surface area contributed by atoms with Crippen LogP contribution in [-0.2, 0) is 4.79 Å². The van der Waals surface area contributed by atoms with E-state index in [0.717, 1.165) is 42.3 Å². The molecule has 1 saturated heterocycles. The number of hydrogen-bond donors (Lipinski definition) is 2. The molecule has 30 heavy (non-hydrogen) atoms. The van der Waals surface area contributed by atoms with Crippen LogP contribution in [0.2, 0.25) is 0 Å². The largest absolute Gasteiger partial charge is 0.354 e. The summed E-state index contributed by atoms with van der Waals surface area (Å²) in [5, 5.41) is 16.4. The maximum atomic E-state index is 12.5. The van der Waals surface area contributed by atoms with Crippen LogP contribution < -0.4 is 10.6 Å². The van der Waals surface area contributed by atoms with Gasteiger partial charge in [-0.15, -0.1) is 5.10 Å². The van der Waals surface area contributed by atoms with Gasteiger partial charge in [0, 0.05) is 18.1 Å². The molecule has 1 aliphatic heterocycles. The van der Waals surface area contributed by atoms with E-state index in [9.17, 15) is 4.79 Å². The molecular weight excluding hydrogens is 380 g/mol. The van der Waals surface area contributed by atoms with Crippen molar-refractivity contribution in [1.82, 2.24) is 34.7 Å². The molecule has 1 atom stereocenters. The Labute approximate surface area is 172 Å². The van der Waals surface area contributed by atoms with Crippen LogP contribution in [-0.4, -0.2) is 47.9 Å². The molecule has 2 fully saturated rings. The predicted molar refractivity (Wildman–Crippen MR) is 112 cm³/mol. The summed E-state index contributed by atoms with van der Waals surface area (Å²) < 4.78 is 3.71. The minimum Gasteiger partial charge on any atom is -0.354 e. The molecule has 152 valence electrons. The third-order valence-electron chi connectivity index (χ3n) is 5.80. The number of carbonyl (C=O) groups is 1.